The minimum atomic E-state index is -0.832. The maximum atomic E-state index is 13.1. The van der Waals surface area contributed by atoms with Crippen molar-refractivity contribution in [1.82, 2.24) is 0 Å². The number of carbonyl (C=O) groups excluding carboxylic acids is 2. The first-order valence-corrected chi connectivity index (χ1v) is 9.87. The monoisotopic (exact) mass is 416 g/mol. The average molecular weight is 416 g/mol. The Labute approximate surface area is 176 Å². The summed E-state index contributed by atoms with van der Waals surface area (Å²) in [7, 11) is 3.14. The highest BCUT2D eigenvalue weighted by Crippen LogP contribution is 2.50. The molecule has 30 heavy (non-hydrogen) atoms. The summed E-state index contributed by atoms with van der Waals surface area (Å²) in [5, 5.41) is 0. The molecule has 1 aliphatic carbocycles. The Kier molecular flexibility index (Phi) is 6.51. The summed E-state index contributed by atoms with van der Waals surface area (Å²) in [5.41, 5.74) is -0.167. The predicted molar refractivity (Wildman–Crippen MR) is 110 cm³/mol. The van der Waals surface area contributed by atoms with E-state index >= 15 is 0 Å². The van der Waals surface area contributed by atoms with Crippen LogP contribution in [-0.4, -0.2) is 38.9 Å². The van der Waals surface area contributed by atoms with E-state index in [1.165, 1.54) is 14.0 Å². The fourth-order valence-electron chi connectivity index (χ4n) is 4.33. The molecule has 0 spiro atoms. The lowest BCUT2D eigenvalue weighted by molar-refractivity contribution is -0.156. The van der Waals surface area contributed by atoms with Gasteiger partial charge in [-0.3, -0.25) is 9.59 Å². The van der Waals surface area contributed by atoms with Crippen LogP contribution in [0.3, 0.4) is 0 Å². The highest BCUT2D eigenvalue weighted by molar-refractivity contribution is 5.96. The van der Waals surface area contributed by atoms with E-state index in [1.54, 1.807) is 37.5 Å². The second-order valence-corrected chi connectivity index (χ2v) is 7.63. The number of ether oxygens (including phenoxy) is 5. The van der Waals surface area contributed by atoms with Gasteiger partial charge in [0.15, 0.2) is 17.3 Å². The van der Waals surface area contributed by atoms with Crippen LogP contribution in [0.1, 0.15) is 38.4 Å². The van der Waals surface area contributed by atoms with Crippen LogP contribution in [0.15, 0.2) is 36.9 Å². The van der Waals surface area contributed by atoms with Crippen molar-refractivity contribution in [3.63, 3.8) is 0 Å². The van der Waals surface area contributed by atoms with Gasteiger partial charge in [-0.15, -0.1) is 6.58 Å². The quantitative estimate of drug-likeness (QED) is 0.471. The zero-order valence-corrected chi connectivity index (χ0v) is 17.8. The lowest BCUT2D eigenvalue weighted by Crippen LogP contribution is -2.45. The van der Waals surface area contributed by atoms with Crippen LogP contribution in [0.2, 0.25) is 0 Å². The van der Waals surface area contributed by atoms with E-state index in [9.17, 15) is 9.59 Å². The smallest absolute Gasteiger partial charge is 0.303 e. The van der Waals surface area contributed by atoms with E-state index in [2.05, 4.69) is 6.58 Å². The van der Waals surface area contributed by atoms with Crippen LogP contribution >= 0.6 is 0 Å². The summed E-state index contributed by atoms with van der Waals surface area (Å²) < 4.78 is 27.7. The molecule has 7 heteroatoms. The molecule has 7 nitrogen and oxygen atoms in total. The maximum absolute atomic E-state index is 13.1. The van der Waals surface area contributed by atoms with Gasteiger partial charge in [0.25, 0.3) is 0 Å². The van der Waals surface area contributed by atoms with Gasteiger partial charge in [0.2, 0.25) is 12.5 Å². The Morgan fingerprint density at radius 1 is 1.37 bits per heavy atom. The molecule has 0 saturated heterocycles. The summed E-state index contributed by atoms with van der Waals surface area (Å²) in [6.07, 6.45) is 5.02. The molecular weight excluding hydrogens is 388 g/mol. The zero-order valence-electron chi connectivity index (χ0n) is 17.8. The lowest BCUT2D eigenvalue weighted by Gasteiger charge is -2.43. The average Bonchev–Trinajstić information content (AvgIpc) is 3.21. The van der Waals surface area contributed by atoms with Gasteiger partial charge < -0.3 is 23.7 Å². The fraction of sp³-hybridized carbons (Fsp3) is 0.478. The molecule has 1 heterocycles. The summed E-state index contributed by atoms with van der Waals surface area (Å²) in [6.45, 7) is 7.21. The van der Waals surface area contributed by atoms with Gasteiger partial charge >= 0.3 is 5.97 Å². The van der Waals surface area contributed by atoms with Crippen molar-refractivity contribution in [3.8, 4) is 17.2 Å². The summed E-state index contributed by atoms with van der Waals surface area (Å²) >= 11 is 0. The molecule has 1 aromatic carbocycles. The van der Waals surface area contributed by atoms with Crippen LogP contribution in [-0.2, 0) is 19.1 Å². The molecule has 0 fully saturated rings. The number of fused-ring (bicyclic) bond motifs is 1. The molecule has 4 atom stereocenters. The number of hydrogen-bond donors (Lipinski definition) is 0. The Hall–Kier alpha value is -2.80. The summed E-state index contributed by atoms with van der Waals surface area (Å²) in [6, 6.07) is 3.53. The van der Waals surface area contributed by atoms with E-state index in [0.717, 1.165) is 0 Å². The third-order valence-corrected chi connectivity index (χ3v) is 5.96. The predicted octanol–water partition coefficient (Wildman–Crippen LogP) is 3.77. The minimum Gasteiger partial charge on any atom is -0.493 e. The topological polar surface area (TPSA) is 80.3 Å². The second kappa shape index (κ2) is 8.92. The van der Waals surface area contributed by atoms with Crippen molar-refractivity contribution < 1.29 is 33.3 Å². The molecule has 0 radical (unpaired) electrons. The molecule has 0 saturated carbocycles. The Balaban J connectivity index is 2.08. The lowest BCUT2D eigenvalue weighted by atomic mass is 9.62. The van der Waals surface area contributed by atoms with Gasteiger partial charge in [0, 0.05) is 30.9 Å². The largest absolute Gasteiger partial charge is 0.493 e. The number of allylic oxidation sites excluding steroid dienone is 2. The summed E-state index contributed by atoms with van der Waals surface area (Å²) in [4.78, 5) is 25.2. The van der Waals surface area contributed by atoms with Crippen LogP contribution in [0.25, 0.3) is 0 Å². The van der Waals surface area contributed by atoms with Crippen molar-refractivity contribution in [2.75, 3.05) is 21.0 Å². The van der Waals surface area contributed by atoms with E-state index in [0.29, 0.717) is 35.7 Å². The van der Waals surface area contributed by atoms with Crippen molar-refractivity contribution in [1.29, 1.82) is 0 Å². The van der Waals surface area contributed by atoms with Gasteiger partial charge in [0.05, 0.1) is 13.2 Å². The Morgan fingerprint density at radius 2 is 2.13 bits per heavy atom. The highest BCUT2D eigenvalue weighted by atomic mass is 16.7. The van der Waals surface area contributed by atoms with Crippen molar-refractivity contribution in [2.24, 2.45) is 11.3 Å². The summed E-state index contributed by atoms with van der Waals surface area (Å²) in [5.74, 6) is 0.641. The van der Waals surface area contributed by atoms with Gasteiger partial charge in [0.1, 0.15) is 6.10 Å². The fourth-order valence-corrected chi connectivity index (χ4v) is 4.33. The van der Waals surface area contributed by atoms with Crippen LogP contribution < -0.4 is 14.2 Å². The second-order valence-electron chi connectivity index (χ2n) is 7.63. The molecule has 1 aliphatic heterocycles. The standard InChI is InChI=1S/C23H28O7/c1-6-9-23(12-17(26-4)7-8-20(23)25)14(2)21(30-15(3)24)16-10-18(27-5)22-19(11-16)28-13-29-22/h6-8,10-11,14,17,21H,1,9,12-13H2,2-5H3/t14-,17+,21-,23-/m0/s1. The number of ketones is 1. The number of rotatable bonds is 8. The number of carbonyl (C=O) groups is 2. The maximum Gasteiger partial charge on any atom is 0.303 e. The molecule has 2 aliphatic rings. The molecule has 1 aromatic rings. The van der Waals surface area contributed by atoms with Crippen molar-refractivity contribution in [2.45, 2.75) is 38.9 Å². The third kappa shape index (κ3) is 3.94. The number of methoxy groups -OCH3 is 2. The van der Waals surface area contributed by atoms with Gasteiger partial charge in [-0.1, -0.05) is 19.1 Å². The number of hydrogen-bond acceptors (Lipinski definition) is 7. The normalized spacial score (nSPS) is 24.3. The SMILES string of the molecule is C=CC[C@@]1([C@@H](C)[C@H](OC(C)=O)c2cc(OC)c3c(c2)OCO3)C[C@H](OC)C=CC1=O. The van der Waals surface area contributed by atoms with Gasteiger partial charge in [-0.2, -0.15) is 0 Å². The first kappa shape index (κ1) is 21.9. The first-order chi connectivity index (χ1) is 14.4. The van der Waals surface area contributed by atoms with Crippen LogP contribution in [0.5, 0.6) is 17.2 Å². The van der Waals surface area contributed by atoms with E-state index in [1.807, 2.05) is 6.92 Å². The molecule has 0 amide bonds. The Bertz CT molecular complexity index is 859. The first-order valence-electron chi connectivity index (χ1n) is 9.87. The molecule has 3 rings (SSSR count). The van der Waals surface area contributed by atoms with Gasteiger partial charge in [-0.05, 0) is 31.1 Å². The van der Waals surface area contributed by atoms with Crippen molar-refractivity contribution >= 4 is 11.8 Å². The molecule has 0 unspecified atom stereocenters. The number of benzene rings is 1. The molecule has 0 aromatic heterocycles. The molecule has 0 N–H and O–H groups in total. The van der Waals surface area contributed by atoms with E-state index in [4.69, 9.17) is 23.7 Å². The third-order valence-electron chi connectivity index (χ3n) is 5.96. The molecule has 162 valence electrons. The van der Waals surface area contributed by atoms with Crippen LogP contribution in [0.4, 0.5) is 0 Å². The zero-order chi connectivity index (χ0) is 21.9. The minimum absolute atomic E-state index is 0.0342. The highest BCUT2D eigenvalue weighted by Gasteiger charge is 2.49. The molecular formula is C23H28O7. The van der Waals surface area contributed by atoms with Gasteiger partial charge in [-0.25, -0.2) is 0 Å². The Morgan fingerprint density at radius 3 is 2.77 bits per heavy atom. The molecule has 0 bridgehead atoms. The van der Waals surface area contributed by atoms with Crippen molar-refractivity contribution in [3.05, 3.63) is 42.5 Å². The number of esters is 1. The van der Waals surface area contributed by atoms with Crippen LogP contribution in [0, 0.1) is 11.3 Å². The van der Waals surface area contributed by atoms with E-state index < -0.39 is 17.5 Å². The van der Waals surface area contributed by atoms with E-state index in [-0.39, 0.29) is 24.6 Å².